The van der Waals surface area contributed by atoms with Crippen LogP contribution in [0.25, 0.3) is 11.1 Å². The van der Waals surface area contributed by atoms with Crippen LogP contribution in [0.4, 0.5) is 0 Å². The fraction of sp³-hybridized carbons (Fsp3) is 0.143. The summed E-state index contributed by atoms with van der Waals surface area (Å²) in [6, 6.07) is 18.2. The molecule has 76 valence electrons. The third kappa shape index (κ3) is 2.25. The second-order valence-corrected chi connectivity index (χ2v) is 3.67. The lowest BCUT2D eigenvalue weighted by Gasteiger charge is -2.07. The van der Waals surface area contributed by atoms with Crippen molar-refractivity contribution in [2.45, 2.75) is 13.0 Å². The first kappa shape index (κ1) is 9.94. The predicted octanol–water partition coefficient (Wildman–Crippen LogP) is 3.41. The van der Waals surface area contributed by atoms with Gasteiger partial charge in [-0.15, -0.1) is 0 Å². The van der Waals surface area contributed by atoms with Gasteiger partial charge in [-0.3, -0.25) is 0 Å². The molecule has 2 rings (SSSR count). The zero-order chi connectivity index (χ0) is 10.7. The minimum Gasteiger partial charge on any atom is -0.389 e. The molecule has 0 aliphatic rings. The average Bonchev–Trinajstić information content (AvgIpc) is 2.30. The van der Waals surface area contributed by atoms with Gasteiger partial charge in [0.1, 0.15) is 0 Å². The van der Waals surface area contributed by atoms with Crippen molar-refractivity contribution in [3.05, 3.63) is 60.2 Å². The molecule has 0 fully saturated rings. The van der Waals surface area contributed by atoms with Gasteiger partial charge in [0.2, 0.25) is 0 Å². The van der Waals surface area contributed by atoms with Gasteiger partial charge in [0.15, 0.2) is 0 Å². The highest BCUT2D eigenvalue weighted by atomic mass is 16.3. The Morgan fingerprint density at radius 1 is 0.867 bits per heavy atom. The summed E-state index contributed by atoms with van der Waals surface area (Å²) in [7, 11) is 0. The van der Waals surface area contributed by atoms with Crippen molar-refractivity contribution in [2.75, 3.05) is 0 Å². The van der Waals surface area contributed by atoms with E-state index >= 15 is 0 Å². The van der Waals surface area contributed by atoms with Crippen molar-refractivity contribution in [3.8, 4) is 11.1 Å². The van der Waals surface area contributed by atoms with Crippen molar-refractivity contribution in [1.82, 2.24) is 0 Å². The van der Waals surface area contributed by atoms with Crippen molar-refractivity contribution in [3.63, 3.8) is 0 Å². The lowest BCUT2D eigenvalue weighted by atomic mass is 10.0. The Labute approximate surface area is 90.0 Å². The molecule has 0 bridgehead atoms. The molecule has 0 aliphatic heterocycles. The van der Waals surface area contributed by atoms with Gasteiger partial charge in [0.05, 0.1) is 6.10 Å². The SMILES string of the molecule is CC(O)c1cccc(-c2ccccc2)c1. The van der Waals surface area contributed by atoms with Gasteiger partial charge >= 0.3 is 0 Å². The Kier molecular flexibility index (Phi) is 2.84. The quantitative estimate of drug-likeness (QED) is 0.784. The molecular formula is C14H14O. The normalized spacial score (nSPS) is 12.4. The summed E-state index contributed by atoms with van der Waals surface area (Å²) in [5.74, 6) is 0. The van der Waals surface area contributed by atoms with Crippen LogP contribution >= 0.6 is 0 Å². The second kappa shape index (κ2) is 4.28. The molecule has 1 unspecified atom stereocenters. The van der Waals surface area contributed by atoms with E-state index in [9.17, 15) is 5.11 Å². The summed E-state index contributed by atoms with van der Waals surface area (Å²) < 4.78 is 0. The molecule has 0 radical (unpaired) electrons. The van der Waals surface area contributed by atoms with Crippen LogP contribution in [0.15, 0.2) is 54.6 Å². The highest BCUT2D eigenvalue weighted by molar-refractivity contribution is 5.64. The third-order valence-corrected chi connectivity index (χ3v) is 2.48. The van der Waals surface area contributed by atoms with Gasteiger partial charge in [-0.1, -0.05) is 48.5 Å². The van der Waals surface area contributed by atoms with E-state index in [0.717, 1.165) is 11.1 Å². The number of aliphatic hydroxyl groups is 1. The van der Waals surface area contributed by atoms with Crippen LogP contribution in [0.5, 0.6) is 0 Å². The molecule has 0 aliphatic carbocycles. The first-order valence-electron chi connectivity index (χ1n) is 5.11. The summed E-state index contributed by atoms with van der Waals surface area (Å²) in [5, 5.41) is 9.50. The summed E-state index contributed by atoms with van der Waals surface area (Å²) in [6.07, 6.45) is -0.409. The molecule has 1 atom stereocenters. The van der Waals surface area contributed by atoms with Gasteiger partial charge < -0.3 is 5.11 Å². The summed E-state index contributed by atoms with van der Waals surface area (Å²) in [4.78, 5) is 0. The molecule has 0 saturated carbocycles. The van der Waals surface area contributed by atoms with Crippen LogP contribution in [-0.2, 0) is 0 Å². The first-order valence-corrected chi connectivity index (χ1v) is 5.11. The van der Waals surface area contributed by atoms with Crippen LogP contribution in [0, 0.1) is 0 Å². The lowest BCUT2D eigenvalue weighted by molar-refractivity contribution is 0.199. The Morgan fingerprint density at radius 2 is 1.53 bits per heavy atom. The Morgan fingerprint density at radius 3 is 2.20 bits per heavy atom. The van der Waals surface area contributed by atoms with Gasteiger partial charge in [-0.05, 0) is 29.7 Å². The van der Waals surface area contributed by atoms with E-state index in [2.05, 4.69) is 18.2 Å². The largest absolute Gasteiger partial charge is 0.389 e. The number of hydrogen-bond acceptors (Lipinski definition) is 1. The maximum absolute atomic E-state index is 9.50. The summed E-state index contributed by atoms with van der Waals surface area (Å²) in [5.41, 5.74) is 3.28. The maximum atomic E-state index is 9.50. The maximum Gasteiger partial charge on any atom is 0.0762 e. The highest BCUT2D eigenvalue weighted by Gasteiger charge is 2.02. The topological polar surface area (TPSA) is 20.2 Å². The van der Waals surface area contributed by atoms with E-state index in [1.807, 2.05) is 36.4 Å². The minimum atomic E-state index is -0.409. The van der Waals surface area contributed by atoms with Crippen molar-refractivity contribution in [1.29, 1.82) is 0 Å². The molecule has 0 saturated heterocycles. The smallest absolute Gasteiger partial charge is 0.0762 e. The molecular weight excluding hydrogens is 184 g/mol. The molecule has 1 nitrogen and oxygen atoms in total. The van der Waals surface area contributed by atoms with E-state index in [-0.39, 0.29) is 0 Å². The number of rotatable bonds is 2. The fourth-order valence-corrected chi connectivity index (χ4v) is 1.61. The van der Waals surface area contributed by atoms with E-state index in [1.165, 1.54) is 5.56 Å². The molecule has 0 heterocycles. The zero-order valence-corrected chi connectivity index (χ0v) is 8.72. The van der Waals surface area contributed by atoms with Gasteiger partial charge in [-0.25, -0.2) is 0 Å². The molecule has 1 N–H and O–H groups in total. The van der Waals surface area contributed by atoms with Gasteiger partial charge in [0, 0.05) is 0 Å². The molecule has 0 aromatic heterocycles. The van der Waals surface area contributed by atoms with Crippen molar-refractivity contribution < 1.29 is 5.11 Å². The molecule has 2 aromatic carbocycles. The number of benzene rings is 2. The average molecular weight is 198 g/mol. The number of hydrogen-bond donors (Lipinski definition) is 1. The monoisotopic (exact) mass is 198 g/mol. The summed E-state index contributed by atoms with van der Waals surface area (Å²) in [6.45, 7) is 1.78. The Hall–Kier alpha value is -1.60. The molecule has 15 heavy (non-hydrogen) atoms. The standard InChI is InChI=1S/C14H14O/c1-11(15)13-8-5-9-14(10-13)12-6-3-2-4-7-12/h2-11,15H,1H3. The van der Waals surface area contributed by atoms with Crippen LogP contribution in [0.2, 0.25) is 0 Å². The van der Waals surface area contributed by atoms with Crippen LogP contribution in [0.1, 0.15) is 18.6 Å². The minimum absolute atomic E-state index is 0.409. The van der Waals surface area contributed by atoms with Crippen molar-refractivity contribution >= 4 is 0 Å². The molecule has 0 spiro atoms. The van der Waals surface area contributed by atoms with Crippen LogP contribution in [0.3, 0.4) is 0 Å². The molecule has 0 amide bonds. The number of aliphatic hydroxyl groups excluding tert-OH is 1. The lowest BCUT2D eigenvalue weighted by Crippen LogP contribution is -1.90. The Bertz CT molecular complexity index is 432. The second-order valence-electron chi connectivity index (χ2n) is 3.67. The van der Waals surface area contributed by atoms with Crippen LogP contribution in [-0.4, -0.2) is 5.11 Å². The van der Waals surface area contributed by atoms with Gasteiger partial charge in [0.25, 0.3) is 0 Å². The zero-order valence-electron chi connectivity index (χ0n) is 8.72. The molecule has 1 heteroatoms. The highest BCUT2D eigenvalue weighted by Crippen LogP contribution is 2.22. The summed E-state index contributed by atoms with van der Waals surface area (Å²) >= 11 is 0. The van der Waals surface area contributed by atoms with Gasteiger partial charge in [-0.2, -0.15) is 0 Å². The van der Waals surface area contributed by atoms with E-state index in [1.54, 1.807) is 6.92 Å². The third-order valence-electron chi connectivity index (χ3n) is 2.48. The first-order chi connectivity index (χ1) is 7.27. The van der Waals surface area contributed by atoms with E-state index < -0.39 is 6.10 Å². The van der Waals surface area contributed by atoms with Crippen LogP contribution < -0.4 is 0 Å². The van der Waals surface area contributed by atoms with E-state index in [4.69, 9.17) is 0 Å². The predicted molar refractivity (Wildman–Crippen MR) is 62.5 cm³/mol. The van der Waals surface area contributed by atoms with Crippen molar-refractivity contribution in [2.24, 2.45) is 0 Å². The fourth-order valence-electron chi connectivity index (χ4n) is 1.61. The molecule has 2 aromatic rings. The van der Waals surface area contributed by atoms with E-state index in [0.29, 0.717) is 0 Å². The Balaban J connectivity index is 2.42.